The van der Waals surface area contributed by atoms with Gasteiger partial charge < -0.3 is 45.6 Å². The summed E-state index contributed by atoms with van der Waals surface area (Å²) in [5.74, 6) is -11.1. The molecule has 7 atom stereocenters. The van der Waals surface area contributed by atoms with Crippen LogP contribution in [-0.2, 0) is 23.2 Å². The van der Waals surface area contributed by atoms with Crippen molar-refractivity contribution >= 4 is 30.8 Å². The van der Waals surface area contributed by atoms with Crippen molar-refractivity contribution in [3.05, 3.63) is 81.8 Å². The van der Waals surface area contributed by atoms with Crippen molar-refractivity contribution in [2.24, 2.45) is 17.6 Å². The van der Waals surface area contributed by atoms with Gasteiger partial charge in [-0.05, 0) is 51.1 Å². The van der Waals surface area contributed by atoms with E-state index < -0.39 is 94.8 Å². The molecule has 0 saturated heterocycles. The van der Waals surface area contributed by atoms with Crippen molar-refractivity contribution in [1.82, 2.24) is 4.90 Å². The summed E-state index contributed by atoms with van der Waals surface area (Å²) in [7, 11) is -0.992. The van der Waals surface area contributed by atoms with Crippen molar-refractivity contribution in [2.45, 2.75) is 50.2 Å². The van der Waals surface area contributed by atoms with E-state index >= 15 is 0 Å². The molecule has 0 radical (unpaired) electrons. The molecular weight excluding hydrogens is 645 g/mol. The quantitative estimate of drug-likeness (QED) is 0.109. The van der Waals surface area contributed by atoms with Gasteiger partial charge in [0, 0.05) is 11.5 Å². The predicted molar refractivity (Wildman–Crippen MR) is 173 cm³/mol. The van der Waals surface area contributed by atoms with Gasteiger partial charge in [0.2, 0.25) is 5.78 Å². The van der Waals surface area contributed by atoms with Gasteiger partial charge in [0.05, 0.1) is 42.5 Å². The molecule has 5 rings (SSSR count). The number of likely N-dealkylation sites (N-methyl/N-ethyl adjacent to an activating group) is 1. The molecule has 1 unspecified atom stereocenters. The van der Waals surface area contributed by atoms with Crippen molar-refractivity contribution in [1.29, 1.82) is 0 Å². The summed E-state index contributed by atoms with van der Waals surface area (Å²) in [6.07, 6.45) is -1.72. The highest BCUT2D eigenvalue weighted by Crippen LogP contribution is 2.62. The Morgan fingerprint density at radius 1 is 1.06 bits per heavy atom. The van der Waals surface area contributed by atoms with Gasteiger partial charge in [-0.1, -0.05) is 43.3 Å². The first-order chi connectivity index (χ1) is 22.6. The Kier molecular flexibility index (Phi) is 9.38. The van der Waals surface area contributed by atoms with Crippen LogP contribution in [0.15, 0.2) is 65.1 Å². The summed E-state index contributed by atoms with van der Waals surface area (Å²) >= 11 is 0. The highest BCUT2D eigenvalue weighted by molar-refractivity contribution is 7.54. The van der Waals surface area contributed by atoms with E-state index in [1.54, 1.807) is 51.1 Å². The maximum Gasteiger partial charge on any atom is 0.357 e. The Morgan fingerprint density at radius 3 is 2.21 bits per heavy atom. The van der Waals surface area contributed by atoms with E-state index in [4.69, 9.17) is 14.8 Å². The zero-order valence-electron chi connectivity index (χ0n) is 27.1. The number of carbonyl (C=O) groups excluding carboxylic acids is 3. The lowest BCUT2D eigenvalue weighted by Crippen LogP contribution is -2.68. The van der Waals surface area contributed by atoms with Gasteiger partial charge in [-0.3, -0.25) is 23.8 Å². The zero-order valence-corrected chi connectivity index (χ0v) is 28.0. The van der Waals surface area contributed by atoms with Gasteiger partial charge >= 0.3 is 7.60 Å². The van der Waals surface area contributed by atoms with E-state index in [2.05, 4.69) is 5.32 Å². The topological polar surface area (TPSA) is 229 Å². The van der Waals surface area contributed by atoms with Gasteiger partial charge in [-0.25, -0.2) is 0 Å². The maximum atomic E-state index is 14.3. The first-order valence-electron chi connectivity index (χ1n) is 15.5. The van der Waals surface area contributed by atoms with Crippen LogP contribution in [0.5, 0.6) is 5.75 Å². The normalized spacial score (nSPS) is 27.8. The molecule has 0 aromatic heterocycles. The number of ketones is 2. The van der Waals surface area contributed by atoms with Crippen LogP contribution in [-0.4, -0.2) is 93.0 Å². The second-order valence-corrected chi connectivity index (χ2v) is 14.4. The maximum absolute atomic E-state index is 14.3. The first-order valence-corrected chi connectivity index (χ1v) is 17.1. The molecule has 3 aliphatic rings. The van der Waals surface area contributed by atoms with Crippen LogP contribution >= 0.6 is 7.60 Å². The van der Waals surface area contributed by atoms with Crippen LogP contribution in [0.4, 0.5) is 5.69 Å². The number of nitrogens with zero attached hydrogens (tertiary/aromatic N) is 1. The molecule has 14 nitrogen and oxygen atoms in total. The summed E-state index contributed by atoms with van der Waals surface area (Å²) in [5, 5.41) is 61.0. The summed E-state index contributed by atoms with van der Waals surface area (Å²) in [5.41, 5.74) is 1.28. The molecule has 8 N–H and O–H groups in total. The molecule has 1 amide bonds. The molecule has 258 valence electrons. The van der Waals surface area contributed by atoms with Crippen LogP contribution < -0.4 is 11.1 Å². The standard InChI is InChI=1S/C33H40N3O11P/c1-6-46-48(45,47-7-2)32(16-11-9-8-10-12-16)35-18-14-13-17-15(3)19-21(26(38)20(17)25(18)37)29(41)33(44)23(27(19)39)24(36(4)5)28(40)22(30(33)42)31(34)43/h8-15,19,23-24,27,32,35,37,39-41,44H,6-7H2,1-5H3,(H2,34,43)/t15-,19+,23+,24-,27-,32?,33-/m0/s1. The van der Waals surface area contributed by atoms with Crippen LogP contribution in [0, 0.1) is 11.8 Å². The average Bonchev–Trinajstić information content (AvgIpc) is 3.02. The third-order valence-corrected chi connectivity index (χ3v) is 11.8. The molecule has 0 spiro atoms. The molecule has 0 bridgehead atoms. The number of benzene rings is 2. The molecule has 2 aromatic carbocycles. The summed E-state index contributed by atoms with van der Waals surface area (Å²) in [6.45, 7) is 5.04. The minimum Gasteiger partial charge on any atom is -0.510 e. The SMILES string of the molecule is CCOP(=O)(OCC)C(Nc1ccc2c(c1O)C(=O)C1=C(O)[C@]3(O)C(=O)C(C(N)=O)=C(O)[C@@H](N(C)C)[C@@H]3[C@@H](O)[C@@H]1[C@H]2C)c1ccccc1. The molecular formula is C33H40N3O11P. The number of anilines is 1. The monoisotopic (exact) mass is 685 g/mol. The zero-order chi connectivity index (χ0) is 35.5. The van der Waals surface area contributed by atoms with Crippen molar-refractivity contribution < 1.29 is 53.5 Å². The van der Waals surface area contributed by atoms with Gasteiger partial charge in [0.25, 0.3) is 5.91 Å². The minimum absolute atomic E-state index is 0.0421. The van der Waals surface area contributed by atoms with Gasteiger partial charge in [-0.15, -0.1) is 0 Å². The van der Waals surface area contributed by atoms with E-state index in [0.29, 0.717) is 5.56 Å². The number of carbonyl (C=O) groups is 3. The largest absolute Gasteiger partial charge is 0.510 e. The highest BCUT2D eigenvalue weighted by atomic mass is 31.2. The molecule has 0 fully saturated rings. The van der Waals surface area contributed by atoms with Gasteiger partial charge in [-0.2, -0.15) is 0 Å². The Hall–Kier alpha value is -4.04. The molecule has 0 aliphatic heterocycles. The number of primary amides is 1. The number of phenols is 1. The minimum atomic E-state index is -3.93. The number of phenolic OH excluding ortho intramolecular Hbond substituents is 1. The van der Waals surface area contributed by atoms with E-state index in [1.165, 1.54) is 31.1 Å². The third kappa shape index (κ3) is 5.15. The fraction of sp³-hybridized carbons (Fsp3) is 0.424. The number of nitrogens with two attached hydrogens (primary N) is 1. The number of aliphatic hydroxyl groups is 4. The lowest BCUT2D eigenvalue weighted by Gasteiger charge is -2.53. The Morgan fingerprint density at radius 2 is 1.67 bits per heavy atom. The molecule has 48 heavy (non-hydrogen) atoms. The number of hydrogen-bond acceptors (Lipinski definition) is 13. The predicted octanol–water partition coefficient (Wildman–Crippen LogP) is 3.03. The second-order valence-electron chi connectivity index (χ2n) is 12.3. The van der Waals surface area contributed by atoms with E-state index in [1.807, 2.05) is 0 Å². The van der Waals surface area contributed by atoms with E-state index in [0.717, 1.165) is 0 Å². The lowest BCUT2D eigenvalue weighted by atomic mass is 9.55. The highest BCUT2D eigenvalue weighted by Gasteiger charge is 2.67. The third-order valence-electron chi connectivity index (χ3n) is 9.47. The Bertz CT molecular complexity index is 1770. The molecule has 0 heterocycles. The number of hydrogen-bond donors (Lipinski definition) is 7. The fourth-order valence-electron chi connectivity index (χ4n) is 7.41. The van der Waals surface area contributed by atoms with Gasteiger partial charge in [0.1, 0.15) is 22.8 Å². The van der Waals surface area contributed by atoms with Crippen molar-refractivity contribution in [3.63, 3.8) is 0 Å². The van der Waals surface area contributed by atoms with E-state index in [-0.39, 0.29) is 30.0 Å². The number of aliphatic hydroxyl groups excluding tert-OH is 3. The van der Waals surface area contributed by atoms with Crippen molar-refractivity contribution in [3.8, 4) is 5.75 Å². The van der Waals surface area contributed by atoms with Crippen LogP contribution in [0.1, 0.15) is 54.0 Å². The summed E-state index contributed by atoms with van der Waals surface area (Å²) in [4.78, 5) is 41.6. The second kappa shape index (κ2) is 12.8. The number of rotatable bonds is 10. The fourth-order valence-corrected chi connectivity index (χ4v) is 9.34. The summed E-state index contributed by atoms with van der Waals surface area (Å²) < 4.78 is 25.3. The number of fused-ring (bicyclic) bond motifs is 3. The lowest BCUT2D eigenvalue weighted by molar-refractivity contribution is -0.162. The number of amides is 1. The number of Topliss-reactive ketones (excluding diaryl/α,β-unsaturated/α-hetero) is 2. The van der Waals surface area contributed by atoms with E-state index in [9.17, 15) is 44.5 Å². The molecule has 2 aromatic rings. The Labute approximate surface area is 277 Å². The first kappa shape index (κ1) is 35.3. The molecule has 3 aliphatic carbocycles. The number of aromatic hydroxyl groups is 1. The van der Waals surface area contributed by atoms with Crippen LogP contribution in [0.3, 0.4) is 0 Å². The Balaban J connectivity index is 1.68. The van der Waals surface area contributed by atoms with Crippen molar-refractivity contribution in [2.75, 3.05) is 32.6 Å². The molecule has 15 heteroatoms. The van der Waals surface area contributed by atoms with Crippen LogP contribution in [0.2, 0.25) is 0 Å². The number of nitrogens with one attached hydrogen (secondary N) is 1. The van der Waals surface area contributed by atoms with Crippen LogP contribution in [0.25, 0.3) is 0 Å². The smallest absolute Gasteiger partial charge is 0.357 e. The average molecular weight is 686 g/mol. The van der Waals surface area contributed by atoms with Gasteiger partial charge in [0.15, 0.2) is 17.2 Å². The summed E-state index contributed by atoms with van der Waals surface area (Å²) in [6, 6.07) is 10.2. The molecule has 0 saturated carbocycles.